The summed E-state index contributed by atoms with van der Waals surface area (Å²) in [4.78, 5) is 0. The second kappa shape index (κ2) is 9.14. The molecule has 0 heterocycles. The van der Waals surface area contributed by atoms with Gasteiger partial charge in [0.1, 0.15) is 0 Å². The fourth-order valence-corrected chi connectivity index (χ4v) is 0. The topological polar surface area (TPSA) is 34.1 Å². The Hall–Kier alpha value is 0.847. The van der Waals surface area contributed by atoms with Crippen molar-refractivity contribution < 1.29 is 43.1 Å². The average molecular weight is 132 g/mol. The molecule has 0 aromatic heterocycles. The van der Waals surface area contributed by atoms with Crippen molar-refractivity contribution in [3.8, 4) is 0 Å². The molecule has 4 heavy (non-hydrogen) atoms. The maximum absolute atomic E-state index is 8.50. The summed E-state index contributed by atoms with van der Waals surface area (Å²) in [6.45, 7) is 0. The minimum atomic E-state index is -2.00. The summed E-state index contributed by atoms with van der Waals surface area (Å²) >= 11 is -2.00. The van der Waals surface area contributed by atoms with E-state index in [-0.39, 0.29) is 17.4 Å². The summed E-state index contributed by atoms with van der Waals surface area (Å²) in [5, 5.41) is 0. The molecule has 0 saturated carbocycles. The second-order valence-corrected chi connectivity index (χ2v) is 0.344. The van der Waals surface area contributed by atoms with Crippen molar-refractivity contribution in [2.45, 2.75) is 0 Å². The summed E-state index contributed by atoms with van der Waals surface area (Å²) < 4.78 is 17.0. The van der Waals surface area contributed by atoms with E-state index in [0.29, 0.717) is 0 Å². The van der Waals surface area contributed by atoms with Crippen LogP contribution in [0.5, 0.6) is 0 Å². The minimum absolute atomic E-state index is 0. The van der Waals surface area contributed by atoms with Gasteiger partial charge in [-0.15, -0.1) is 0 Å². The van der Waals surface area contributed by atoms with E-state index in [0.717, 1.165) is 0 Å². The molecule has 0 spiro atoms. The molecular weight excluding hydrogens is 132 g/mol. The van der Waals surface area contributed by atoms with Gasteiger partial charge >= 0.3 is 25.7 Å². The summed E-state index contributed by atoms with van der Waals surface area (Å²) in [5.74, 6) is 0. The fraction of sp³-hybridized carbons (Fsp3) is 0. The van der Waals surface area contributed by atoms with Crippen molar-refractivity contribution >= 4 is 0 Å². The monoisotopic (exact) mass is 132 g/mol. The van der Waals surface area contributed by atoms with E-state index in [4.69, 9.17) is 6.65 Å². The third kappa shape index (κ3) is 13.5. The van der Waals surface area contributed by atoms with Crippen LogP contribution in [0.4, 0.5) is 0 Å². The second-order valence-electron chi connectivity index (χ2n) is 0.0833. The SMILES string of the molecule is [Cr].[O]=[Ti]=[O]. The van der Waals surface area contributed by atoms with Gasteiger partial charge in [-0.25, -0.2) is 0 Å². The average Bonchev–Trinajstić information content (AvgIpc) is 0.918. The number of hydrogen-bond acceptors (Lipinski definition) is 2. The van der Waals surface area contributed by atoms with E-state index in [1.807, 2.05) is 0 Å². The van der Waals surface area contributed by atoms with Gasteiger partial charge < -0.3 is 0 Å². The van der Waals surface area contributed by atoms with Gasteiger partial charge in [-0.1, -0.05) is 0 Å². The fourth-order valence-electron chi connectivity index (χ4n) is 0. The van der Waals surface area contributed by atoms with Crippen molar-refractivity contribution in [3.05, 3.63) is 0 Å². The molecule has 0 radical (unpaired) electrons. The first-order valence-electron chi connectivity index (χ1n) is 0.408. The molecule has 0 bridgehead atoms. The van der Waals surface area contributed by atoms with Gasteiger partial charge in [0.25, 0.3) is 0 Å². The van der Waals surface area contributed by atoms with E-state index in [2.05, 4.69) is 0 Å². The van der Waals surface area contributed by atoms with Gasteiger partial charge in [0.15, 0.2) is 0 Å². The van der Waals surface area contributed by atoms with Crippen LogP contribution in [-0.2, 0) is 43.1 Å². The first-order valence-corrected chi connectivity index (χ1v) is 1.68. The van der Waals surface area contributed by atoms with Crippen molar-refractivity contribution in [3.63, 3.8) is 0 Å². The molecular formula is CrO2Ti. The van der Waals surface area contributed by atoms with Crippen LogP contribution in [0.1, 0.15) is 0 Å². The van der Waals surface area contributed by atoms with Gasteiger partial charge in [0.05, 0.1) is 0 Å². The predicted octanol–water partition coefficient (Wildman–Crippen LogP) is -0.243. The van der Waals surface area contributed by atoms with Gasteiger partial charge in [-0.05, 0) is 0 Å². The Morgan fingerprint density at radius 2 is 1.25 bits per heavy atom. The van der Waals surface area contributed by atoms with Crippen molar-refractivity contribution in [2.24, 2.45) is 0 Å². The van der Waals surface area contributed by atoms with E-state index < -0.39 is 19.1 Å². The van der Waals surface area contributed by atoms with Crippen molar-refractivity contribution in [1.82, 2.24) is 0 Å². The van der Waals surface area contributed by atoms with Gasteiger partial charge in [-0.2, -0.15) is 0 Å². The summed E-state index contributed by atoms with van der Waals surface area (Å²) in [7, 11) is 0. The van der Waals surface area contributed by atoms with E-state index >= 15 is 0 Å². The van der Waals surface area contributed by atoms with Crippen LogP contribution in [-0.4, -0.2) is 0 Å². The van der Waals surface area contributed by atoms with E-state index in [9.17, 15) is 0 Å². The first-order chi connectivity index (χ1) is 1.41. The third-order valence-corrected chi connectivity index (χ3v) is 0. The zero-order chi connectivity index (χ0) is 2.71. The van der Waals surface area contributed by atoms with Gasteiger partial charge in [0, 0.05) is 17.4 Å². The Labute approximate surface area is 43.3 Å². The van der Waals surface area contributed by atoms with Crippen LogP contribution >= 0.6 is 0 Å². The van der Waals surface area contributed by atoms with E-state index in [1.165, 1.54) is 0 Å². The maximum atomic E-state index is 8.50. The molecule has 22 valence electrons. The van der Waals surface area contributed by atoms with Crippen LogP contribution in [0.3, 0.4) is 0 Å². The van der Waals surface area contributed by atoms with Crippen LogP contribution in [0, 0.1) is 0 Å². The quantitative estimate of drug-likeness (QED) is 0.426. The molecule has 0 aromatic rings. The summed E-state index contributed by atoms with van der Waals surface area (Å²) in [6.07, 6.45) is 0. The summed E-state index contributed by atoms with van der Waals surface area (Å²) in [5.41, 5.74) is 0. The molecule has 0 atom stereocenters. The summed E-state index contributed by atoms with van der Waals surface area (Å²) in [6, 6.07) is 0. The van der Waals surface area contributed by atoms with Crippen molar-refractivity contribution in [2.75, 3.05) is 0 Å². The molecule has 0 fully saturated rings. The molecule has 0 saturated heterocycles. The zero-order valence-electron chi connectivity index (χ0n) is 1.72. The zero-order valence-corrected chi connectivity index (χ0v) is 4.56. The third-order valence-electron chi connectivity index (χ3n) is 0. The Balaban J connectivity index is 0. The molecule has 0 rings (SSSR count). The van der Waals surface area contributed by atoms with Crippen LogP contribution in [0.25, 0.3) is 0 Å². The molecule has 4 heteroatoms. The van der Waals surface area contributed by atoms with E-state index in [1.54, 1.807) is 0 Å². The molecule has 0 aliphatic heterocycles. The molecule has 0 aliphatic carbocycles. The Morgan fingerprint density at radius 1 is 1.25 bits per heavy atom. The Bertz CT molecular complexity index is 27.0. The Morgan fingerprint density at radius 3 is 1.25 bits per heavy atom. The van der Waals surface area contributed by atoms with Gasteiger partial charge in [0.2, 0.25) is 0 Å². The molecule has 0 aromatic carbocycles. The van der Waals surface area contributed by atoms with Gasteiger partial charge in [-0.3, -0.25) is 0 Å². The number of rotatable bonds is 0. The standard InChI is InChI=1S/Cr.2O.Ti. The van der Waals surface area contributed by atoms with Crippen LogP contribution in [0.2, 0.25) is 0 Å². The molecule has 0 amide bonds. The normalized spacial score (nSPS) is 2.00. The van der Waals surface area contributed by atoms with Crippen LogP contribution in [0.15, 0.2) is 0 Å². The predicted molar refractivity (Wildman–Crippen MR) is 1.37 cm³/mol. The van der Waals surface area contributed by atoms with Crippen molar-refractivity contribution in [1.29, 1.82) is 0 Å². The molecule has 2 nitrogen and oxygen atoms in total. The molecule has 0 unspecified atom stereocenters. The first kappa shape index (κ1) is 8.85. The Kier molecular flexibility index (Phi) is 20.2. The number of hydrogen-bond donors (Lipinski definition) is 0. The van der Waals surface area contributed by atoms with Crippen LogP contribution < -0.4 is 0 Å². The molecule has 0 N–H and O–H groups in total. The molecule has 0 aliphatic rings.